The molecule has 0 radical (unpaired) electrons. The lowest BCUT2D eigenvalue weighted by Gasteiger charge is -2.38. The van der Waals surface area contributed by atoms with Crippen LogP contribution in [0.5, 0.6) is 0 Å². The van der Waals surface area contributed by atoms with Crippen molar-refractivity contribution in [3.63, 3.8) is 0 Å². The van der Waals surface area contributed by atoms with Crippen LogP contribution in [0, 0.1) is 0 Å². The summed E-state index contributed by atoms with van der Waals surface area (Å²) in [4.78, 5) is 4.82. The number of anilines is 5. The molecule has 2 aliphatic rings. The highest BCUT2D eigenvalue weighted by atomic mass is 15.2. The third-order valence-electron chi connectivity index (χ3n) is 14.3. The van der Waals surface area contributed by atoms with Crippen molar-refractivity contribution < 1.29 is 0 Å². The second kappa shape index (κ2) is 17.9. The molecule has 0 aromatic heterocycles. The van der Waals surface area contributed by atoms with Crippen molar-refractivity contribution in [3.05, 3.63) is 313 Å². The van der Waals surface area contributed by atoms with Crippen molar-refractivity contribution in [2.75, 3.05) is 9.80 Å². The molecule has 0 bridgehead atoms. The molecule has 1 spiro atoms. The van der Waals surface area contributed by atoms with Gasteiger partial charge in [0.15, 0.2) is 0 Å². The molecule has 0 aliphatic heterocycles. The van der Waals surface area contributed by atoms with Crippen molar-refractivity contribution in [2.45, 2.75) is 12.3 Å². The Balaban J connectivity index is 1.03. The Morgan fingerprint density at radius 3 is 1.03 bits per heavy atom. The van der Waals surface area contributed by atoms with E-state index in [1.165, 1.54) is 72.3 Å². The lowest BCUT2D eigenvalue weighted by atomic mass is 9.68. The van der Waals surface area contributed by atoms with Gasteiger partial charge in [0.2, 0.25) is 0 Å². The predicted molar refractivity (Wildman–Crippen MR) is 295 cm³/mol. The number of benzene rings is 10. The molecule has 0 N–H and O–H groups in total. The van der Waals surface area contributed by atoms with E-state index in [0.717, 1.165) is 39.7 Å². The van der Waals surface area contributed by atoms with Crippen molar-refractivity contribution in [1.29, 1.82) is 0 Å². The largest absolute Gasteiger partial charge is 0.311 e. The standard InChI is InChI=1S/C68H50N2/c1-3-59-60-26-14-17-29-63(60)68(64-30-18-15-27-61(64)62-28-16-19-31-65(62)68)67(59)66(4-2)70(57-42-36-53(37-43-57)50-24-12-7-13-25-50)58-46-44-56(45-47-58)69(54-38-32-51(33-39-54)48-20-8-5-9-21-48)55-40-34-52(35-41-55)49-22-10-6-11-23-49/h3-47H,1H2,2H3/b66-4+. The Labute approximate surface area is 411 Å². The number of allylic oxidation sites excluding steroid dienone is 4. The number of hydrogen-bond donors (Lipinski definition) is 0. The molecule has 2 nitrogen and oxygen atoms in total. The van der Waals surface area contributed by atoms with Gasteiger partial charge in [0.05, 0.1) is 5.41 Å². The summed E-state index contributed by atoms with van der Waals surface area (Å²) in [7, 11) is 0. The molecule has 0 fully saturated rings. The molecule has 2 aliphatic carbocycles. The van der Waals surface area contributed by atoms with E-state index in [4.69, 9.17) is 0 Å². The summed E-state index contributed by atoms with van der Waals surface area (Å²) in [6.45, 7) is 6.74. The van der Waals surface area contributed by atoms with Crippen molar-refractivity contribution >= 4 is 34.0 Å². The molecule has 70 heavy (non-hydrogen) atoms. The minimum absolute atomic E-state index is 0.591. The third kappa shape index (κ3) is 7.04. The second-order valence-electron chi connectivity index (χ2n) is 18.0. The maximum atomic E-state index is 4.55. The molecule has 0 amide bonds. The molecule has 0 atom stereocenters. The quantitative estimate of drug-likeness (QED) is 0.128. The Bertz CT molecular complexity index is 3440. The lowest BCUT2D eigenvalue weighted by molar-refractivity contribution is 0.767. The van der Waals surface area contributed by atoms with Gasteiger partial charge in [-0.3, -0.25) is 0 Å². The van der Waals surface area contributed by atoms with E-state index in [-0.39, 0.29) is 0 Å². The lowest BCUT2D eigenvalue weighted by Crippen LogP contribution is -2.32. The van der Waals surface area contributed by atoms with Gasteiger partial charge in [0, 0.05) is 39.7 Å². The van der Waals surface area contributed by atoms with Crippen LogP contribution in [0.1, 0.15) is 29.2 Å². The zero-order valence-corrected chi connectivity index (χ0v) is 39.1. The van der Waals surface area contributed by atoms with Crippen LogP contribution in [0.2, 0.25) is 0 Å². The van der Waals surface area contributed by atoms with Gasteiger partial charge in [-0.1, -0.05) is 219 Å². The first-order valence-electron chi connectivity index (χ1n) is 24.2. The summed E-state index contributed by atoms with van der Waals surface area (Å²) in [6, 6.07) is 94.8. The average molecular weight is 895 g/mol. The van der Waals surface area contributed by atoms with Gasteiger partial charge in [0.1, 0.15) is 0 Å². The fourth-order valence-corrected chi connectivity index (χ4v) is 11.2. The van der Waals surface area contributed by atoms with Gasteiger partial charge in [-0.25, -0.2) is 0 Å². The number of rotatable bonds is 11. The van der Waals surface area contributed by atoms with E-state index >= 15 is 0 Å². The van der Waals surface area contributed by atoms with Gasteiger partial charge in [-0.15, -0.1) is 0 Å². The van der Waals surface area contributed by atoms with E-state index in [1.54, 1.807) is 0 Å². The first kappa shape index (κ1) is 42.4. The molecule has 0 heterocycles. The molecular formula is C68H50N2. The maximum absolute atomic E-state index is 4.55. The molecule has 0 saturated heterocycles. The number of nitrogens with zero attached hydrogens (tertiary/aromatic N) is 2. The molecule has 0 unspecified atom stereocenters. The predicted octanol–water partition coefficient (Wildman–Crippen LogP) is 18.2. The average Bonchev–Trinajstić information content (AvgIpc) is 3.91. The molecular weight excluding hydrogens is 845 g/mol. The van der Waals surface area contributed by atoms with E-state index < -0.39 is 5.41 Å². The summed E-state index contributed by atoms with van der Waals surface area (Å²) < 4.78 is 0. The zero-order chi connectivity index (χ0) is 47.0. The van der Waals surface area contributed by atoms with Crippen LogP contribution >= 0.6 is 0 Å². The van der Waals surface area contributed by atoms with Crippen LogP contribution in [0.25, 0.3) is 50.1 Å². The highest BCUT2D eigenvalue weighted by molar-refractivity contribution is 6.00. The van der Waals surface area contributed by atoms with Crippen LogP contribution in [0.4, 0.5) is 28.4 Å². The topological polar surface area (TPSA) is 6.48 Å². The van der Waals surface area contributed by atoms with Gasteiger partial charge in [-0.2, -0.15) is 0 Å². The van der Waals surface area contributed by atoms with Crippen LogP contribution in [0.3, 0.4) is 0 Å². The molecule has 0 saturated carbocycles. The Morgan fingerprint density at radius 2 is 0.643 bits per heavy atom. The SMILES string of the molecule is C=CC1=C(/C(=C\C)N(c2ccc(-c3ccccc3)cc2)c2ccc(N(c3ccc(-c4ccccc4)cc3)c3ccc(-c4ccccc4)cc3)cc2)C2(c3ccccc31)c1ccccc1-c1ccccc12. The van der Waals surface area contributed by atoms with Crippen LogP contribution < -0.4 is 9.80 Å². The molecule has 332 valence electrons. The monoisotopic (exact) mass is 894 g/mol. The van der Waals surface area contributed by atoms with E-state index in [0.29, 0.717) is 0 Å². The second-order valence-corrected chi connectivity index (χ2v) is 18.0. The summed E-state index contributed by atoms with van der Waals surface area (Å²) in [5.74, 6) is 0. The van der Waals surface area contributed by atoms with Crippen molar-refractivity contribution in [1.82, 2.24) is 0 Å². The smallest absolute Gasteiger partial charge is 0.0746 e. The summed E-state index contributed by atoms with van der Waals surface area (Å²) in [6.07, 6.45) is 4.39. The normalized spacial score (nSPS) is 13.1. The van der Waals surface area contributed by atoms with E-state index in [1.807, 2.05) is 0 Å². The fraction of sp³-hybridized carbons (Fsp3) is 0.0294. The Morgan fingerprint density at radius 1 is 0.343 bits per heavy atom. The first-order chi connectivity index (χ1) is 34.6. The highest BCUT2D eigenvalue weighted by Gasteiger charge is 2.54. The molecule has 10 aromatic carbocycles. The Hall–Kier alpha value is -8.98. The van der Waals surface area contributed by atoms with Gasteiger partial charge >= 0.3 is 0 Å². The van der Waals surface area contributed by atoms with Crippen molar-refractivity contribution in [3.8, 4) is 44.5 Å². The van der Waals surface area contributed by atoms with Crippen LogP contribution in [-0.4, -0.2) is 0 Å². The van der Waals surface area contributed by atoms with E-state index in [9.17, 15) is 0 Å². The third-order valence-corrected chi connectivity index (χ3v) is 14.3. The summed E-state index contributed by atoms with van der Waals surface area (Å²) in [5.41, 5.74) is 22.9. The van der Waals surface area contributed by atoms with Crippen molar-refractivity contribution in [2.24, 2.45) is 0 Å². The molecule has 2 heteroatoms. The van der Waals surface area contributed by atoms with Gasteiger partial charge in [-0.05, 0) is 140 Å². The zero-order valence-electron chi connectivity index (χ0n) is 39.1. The Kier molecular flexibility index (Phi) is 10.8. The minimum atomic E-state index is -0.591. The fourth-order valence-electron chi connectivity index (χ4n) is 11.2. The summed E-state index contributed by atoms with van der Waals surface area (Å²) in [5, 5.41) is 0. The molecule has 12 rings (SSSR count). The van der Waals surface area contributed by atoms with Gasteiger partial charge in [0.25, 0.3) is 0 Å². The number of fused-ring (bicyclic) bond motifs is 7. The highest BCUT2D eigenvalue weighted by Crippen LogP contribution is 2.64. The minimum Gasteiger partial charge on any atom is -0.311 e. The van der Waals surface area contributed by atoms with Crippen LogP contribution in [-0.2, 0) is 5.41 Å². The number of hydrogen-bond acceptors (Lipinski definition) is 2. The van der Waals surface area contributed by atoms with Crippen LogP contribution in [0.15, 0.2) is 291 Å². The summed E-state index contributed by atoms with van der Waals surface area (Å²) >= 11 is 0. The first-order valence-corrected chi connectivity index (χ1v) is 24.2. The van der Waals surface area contributed by atoms with Gasteiger partial charge < -0.3 is 9.80 Å². The molecule has 10 aromatic rings. The maximum Gasteiger partial charge on any atom is 0.0746 e. The van der Waals surface area contributed by atoms with E-state index in [2.05, 4.69) is 296 Å².